The van der Waals surface area contributed by atoms with Crippen LogP contribution in [0.1, 0.15) is 76.5 Å². The lowest BCUT2D eigenvalue weighted by Gasteiger charge is -2.70. The largest absolute Gasteiger partial charge is 0.835 e. The van der Waals surface area contributed by atoms with Crippen LogP contribution in [-0.2, 0) is 20.5 Å². The predicted molar refractivity (Wildman–Crippen MR) is 86.0 cm³/mol. The lowest BCUT2D eigenvalue weighted by Crippen LogP contribution is -2.84. The van der Waals surface area contributed by atoms with Crippen LogP contribution in [0.4, 0.5) is 0 Å². The highest BCUT2D eigenvalue weighted by Gasteiger charge is 2.80. The van der Waals surface area contributed by atoms with Crippen molar-refractivity contribution >= 4 is 5.97 Å². The first kappa shape index (κ1) is 15.2. The van der Waals surface area contributed by atoms with Crippen molar-refractivity contribution in [2.75, 3.05) is 0 Å². The molecule has 0 N–H and O–H groups in total. The van der Waals surface area contributed by atoms with Crippen LogP contribution in [0.3, 0.4) is 0 Å². The molecule has 1 aliphatic heterocycles. The second-order valence-electron chi connectivity index (χ2n) is 8.78. The Balaban J connectivity index is 2.04. The van der Waals surface area contributed by atoms with Crippen LogP contribution in [0.15, 0.2) is 18.2 Å². The van der Waals surface area contributed by atoms with Crippen molar-refractivity contribution in [3.63, 3.8) is 0 Å². The summed E-state index contributed by atoms with van der Waals surface area (Å²) < 4.78 is 5.81. The first-order valence-electron chi connectivity index (χ1n) is 8.71. The number of hydrogen-bond acceptors (Lipinski definition) is 3. The zero-order chi connectivity index (χ0) is 16.8. The van der Waals surface area contributed by atoms with Crippen LogP contribution in [-0.4, -0.2) is 11.6 Å². The molecule has 3 atom stereocenters. The molecule has 0 amide bonds. The number of carbonyl (C=O) groups excluding carboxylic acids is 1. The molecule has 1 spiro atoms. The van der Waals surface area contributed by atoms with Crippen LogP contribution in [0.2, 0.25) is 0 Å². The van der Waals surface area contributed by atoms with Crippen LogP contribution < -0.4 is 5.11 Å². The fourth-order valence-electron chi connectivity index (χ4n) is 5.80. The highest BCUT2D eigenvalue weighted by molar-refractivity contribution is 5.93. The monoisotopic (exact) mass is 313 g/mol. The Bertz CT molecular complexity index is 720. The fourth-order valence-corrected chi connectivity index (χ4v) is 5.80. The predicted octanol–water partition coefficient (Wildman–Crippen LogP) is 3.14. The first-order chi connectivity index (χ1) is 10.6. The highest BCUT2D eigenvalue weighted by atomic mass is 16.6. The van der Waals surface area contributed by atoms with Gasteiger partial charge in [-0.3, -0.25) is 4.79 Å². The molecule has 3 nitrogen and oxygen atoms in total. The summed E-state index contributed by atoms with van der Waals surface area (Å²) in [5, 5.41) is 14.0. The van der Waals surface area contributed by atoms with Crippen molar-refractivity contribution in [1.29, 1.82) is 0 Å². The molecule has 0 aromatic heterocycles. The van der Waals surface area contributed by atoms with Crippen molar-refractivity contribution in [1.82, 2.24) is 0 Å². The van der Waals surface area contributed by atoms with Crippen molar-refractivity contribution in [2.24, 2.45) is 5.41 Å². The molecule has 0 radical (unpaired) electrons. The Hall–Kier alpha value is -1.35. The molecule has 4 rings (SSSR count). The van der Waals surface area contributed by atoms with Gasteiger partial charge < -0.3 is 9.84 Å². The maximum absolute atomic E-state index is 14.0. The summed E-state index contributed by atoms with van der Waals surface area (Å²) in [5.74, 6) is -0.252. The third-order valence-corrected chi connectivity index (χ3v) is 6.92. The first-order valence-corrected chi connectivity index (χ1v) is 8.71. The Morgan fingerprint density at radius 1 is 1.13 bits per heavy atom. The topological polar surface area (TPSA) is 49.4 Å². The fraction of sp³-hybridized carbons (Fsp3) is 0.650. The SMILES string of the molecule is CC(C)c1ccc2c(c1)[C@]1([O-])C(=O)O[C@@]13C(C)(C)CCC[C@]23C. The molecule has 0 bridgehead atoms. The van der Waals surface area contributed by atoms with Gasteiger partial charge in [-0.15, -0.1) is 0 Å². The summed E-state index contributed by atoms with van der Waals surface area (Å²) in [5.41, 5.74) is -0.546. The molecule has 3 heteroatoms. The van der Waals surface area contributed by atoms with Gasteiger partial charge in [0.2, 0.25) is 0 Å². The van der Waals surface area contributed by atoms with E-state index in [9.17, 15) is 9.90 Å². The number of esters is 1. The van der Waals surface area contributed by atoms with Crippen LogP contribution in [0.5, 0.6) is 0 Å². The van der Waals surface area contributed by atoms with E-state index in [2.05, 4.69) is 46.8 Å². The number of rotatable bonds is 1. The molecular formula is C20H25O3-. The summed E-state index contributed by atoms with van der Waals surface area (Å²) in [4.78, 5) is 12.4. The van der Waals surface area contributed by atoms with E-state index in [0.717, 1.165) is 30.4 Å². The van der Waals surface area contributed by atoms with Gasteiger partial charge in [-0.1, -0.05) is 59.2 Å². The molecule has 1 aromatic rings. The van der Waals surface area contributed by atoms with Crippen LogP contribution in [0.25, 0.3) is 0 Å². The van der Waals surface area contributed by atoms with Gasteiger partial charge in [0.25, 0.3) is 0 Å². The minimum absolute atomic E-state index is 0.313. The van der Waals surface area contributed by atoms with Crippen LogP contribution in [0, 0.1) is 5.41 Å². The summed E-state index contributed by atoms with van der Waals surface area (Å²) in [7, 11) is 0. The van der Waals surface area contributed by atoms with Gasteiger partial charge in [-0.25, -0.2) is 0 Å². The smallest absolute Gasteiger partial charge is 0.304 e. The van der Waals surface area contributed by atoms with Gasteiger partial charge in [0.1, 0.15) is 5.60 Å². The van der Waals surface area contributed by atoms with Gasteiger partial charge >= 0.3 is 5.97 Å². The van der Waals surface area contributed by atoms with E-state index in [1.54, 1.807) is 0 Å². The van der Waals surface area contributed by atoms with Crippen molar-refractivity contribution in [3.05, 3.63) is 34.9 Å². The van der Waals surface area contributed by atoms with Gasteiger partial charge in [-0.05, 0) is 35.4 Å². The Morgan fingerprint density at radius 3 is 2.43 bits per heavy atom. The molecule has 2 fully saturated rings. The summed E-state index contributed by atoms with van der Waals surface area (Å²) >= 11 is 0. The third-order valence-electron chi connectivity index (χ3n) is 6.92. The molecule has 1 saturated carbocycles. The van der Waals surface area contributed by atoms with E-state index in [1.165, 1.54) is 0 Å². The zero-order valence-corrected chi connectivity index (χ0v) is 14.7. The summed E-state index contributed by atoms with van der Waals surface area (Å²) in [6.45, 7) is 10.6. The quantitative estimate of drug-likeness (QED) is 0.748. The van der Waals surface area contributed by atoms with Gasteiger partial charge in [-0.2, -0.15) is 0 Å². The van der Waals surface area contributed by atoms with Crippen LogP contribution >= 0.6 is 0 Å². The summed E-state index contributed by atoms with van der Waals surface area (Å²) in [6, 6.07) is 6.18. The molecule has 23 heavy (non-hydrogen) atoms. The summed E-state index contributed by atoms with van der Waals surface area (Å²) in [6.07, 6.45) is 2.89. The van der Waals surface area contributed by atoms with Gasteiger partial charge in [0.15, 0.2) is 0 Å². The zero-order valence-electron chi connectivity index (χ0n) is 14.7. The van der Waals surface area contributed by atoms with E-state index in [4.69, 9.17) is 4.74 Å². The van der Waals surface area contributed by atoms with Crippen molar-refractivity contribution < 1.29 is 14.6 Å². The number of benzene rings is 1. The van der Waals surface area contributed by atoms with E-state index < -0.39 is 17.2 Å². The highest BCUT2D eigenvalue weighted by Crippen LogP contribution is 2.72. The maximum Gasteiger partial charge on any atom is 0.304 e. The van der Waals surface area contributed by atoms with Gasteiger partial charge in [0.05, 0.1) is 5.60 Å². The molecule has 124 valence electrons. The number of carbonyl (C=O) groups is 1. The molecule has 3 aliphatic rings. The van der Waals surface area contributed by atoms with E-state index in [-0.39, 0.29) is 10.8 Å². The molecule has 1 aromatic carbocycles. The van der Waals surface area contributed by atoms with Gasteiger partial charge in [0, 0.05) is 10.8 Å². The Labute approximate surface area is 138 Å². The number of fused-ring (bicyclic) bond motifs is 3. The van der Waals surface area contributed by atoms with E-state index in [1.807, 2.05) is 6.07 Å². The second-order valence-corrected chi connectivity index (χ2v) is 8.78. The molecule has 1 saturated heterocycles. The van der Waals surface area contributed by atoms with Crippen molar-refractivity contribution in [3.8, 4) is 0 Å². The minimum atomic E-state index is -1.74. The minimum Gasteiger partial charge on any atom is -0.835 e. The standard InChI is InChI=1S/C20H25O3/c1-12(2)13-7-8-14-15(11-13)19(22)16(21)23-20(19)17(3,4)9-6-10-18(14,20)5/h7-8,11-12H,6,9-10H2,1-5H3/q-1/t18-,19+,20-/m1/s1. The molecule has 1 heterocycles. The number of hydrogen-bond donors (Lipinski definition) is 0. The molecule has 0 unspecified atom stereocenters. The number of ether oxygens (including phenoxy) is 1. The molecule has 2 aliphatic carbocycles. The lowest BCUT2D eigenvalue weighted by atomic mass is 9.48. The Morgan fingerprint density at radius 2 is 1.83 bits per heavy atom. The molecular weight excluding hydrogens is 288 g/mol. The second kappa shape index (κ2) is 4.00. The van der Waals surface area contributed by atoms with E-state index in [0.29, 0.717) is 11.5 Å². The lowest BCUT2D eigenvalue weighted by molar-refractivity contribution is -0.551. The third kappa shape index (κ3) is 1.32. The normalized spacial score (nSPS) is 40.0. The van der Waals surface area contributed by atoms with Crippen molar-refractivity contribution in [2.45, 2.75) is 76.4 Å². The van der Waals surface area contributed by atoms with E-state index >= 15 is 0 Å². The maximum atomic E-state index is 14.0. The Kier molecular flexibility index (Phi) is 2.64. The average molecular weight is 313 g/mol. The average Bonchev–Trinajstić information content (AvgIpc) is 2.61.